The van der Waals surface area contributed by atoms with E-state index >= 15 is 0 Å². The van der Waals surface area contributed by atoms with Crippen molar-refractivity contribution in [3.8, 4) is 0 Å². The van der Waals surface area contributed by atoms with E-state index in [1.54, 1.807) is 4.90 Å². The van der Waals surface area contributed by atoms with Crippen molar-refractivity contribution >= 4 is 17.8 Å². The molecule has 4 N–H and O–H groups in total. The highest BCUT2D eigenvalue weighted by atomic mass is 16.2. The van der Waals surface area contributed by atoms with Crippen LogP contribution in [0.15, 0.2) is 0 Å². The second kappa shape index (κ2) is 7.32. The Morgan fingerprint density at radius 1 is 1.00 bits per heavy atom. The minimum atomic E-state index is -0.681. The summed E-state index contributed by atoms with van der Waals surface area (Å²) in [5, 5.41) is 5.61. The first-order valence-electron chi connectivity index (χ1n) is 10.5. The molecule has 4 saturated carbocycles. The average molecular weight is 377 g/mol. The molecule has 4 aliphatic carbocycles. The van der Waals surface area contributed by atoms with Crippen LogP contribution in [0, 0.1) is 29.1 Å². The molecule has 1 saturated heterocycles. The van der Waals surface area contributed by atoms with Crippen LogP contribution in [0.25, 0.3) is 0 Å². The van der Waals surface area contributed by atoms with Crippen LogP contribution in [0.3, 0.4) is 0 Å². The number of likely N-dealkylation sites (tertiary alicyclic amines) is 1. The summed E-state index contributed by atoms with van der Waals surface area (Å²) >= 11 is 0. The Labute approximate surface area is 160 Å². The summed E-state index contributed by atoms with van der Waals surface area (Å²) < 4.78 is 0. The molecule has 150 valence electrons. The lowest BCUT2D eigenvalue weighted by atomic mass is 9.49. The Bertz CT molecular complexity index is 585. The van der Waals surface area contributed by atoms with Gasteiger partial charge in [-0.25, -0.2) is 4.79 Å². The van der Waals surface area contributed by atoms with Gasteiger partial charge in [0.2, 0.25) is 11.8 Å². The molecule has 7 nitrogen and oxygen atoms in total. The summed E-state index contributed by atoms with van der Waals surface area (Å²) in [5.74, 6) is 2.74. The van der Waals surface area contributed by atoms with E-state index < -0.39 is 6.03 Å². The third-order valence-corrected chi connectivity index (χ3v) is 7.36. The molecule has 0 aromatic rings. The van der Waals surface area contributed by atoms with Crippen LogP contribution in [0.1, 0.15) is 51.4 Å². The van der Waals surface area contributed by atoms with Gasteiger partial charge < -0.3 is 21.3 Å². The average Bonchev–Trinajstić information content (AvgIpc) is 2.63. The van der Waals surface area contributed by atoms with Gasteiger partial charge in [-0.3, -0.25) is 9.59 Å². The normalized spacial score (nSPS) is 37.1. The fourth-order valence-corrected chi connectivity index (χ4v) is 6.55. The lowest BCUT2D eigenvalue weighted by Gasteiger charge is -2.55. The van der Waals surface area contributed by atoms with Crippen LogP contribution in [0.4, 0.5) is 4.79 Å². The van der Waals surface area contributed by atoms with Gasteiger partial charge in [-0.2, -0.15) is 0 Å². The van der Waals surface area contributed by atoms with Gasteiger partial charge in [0.05, 0.1) is 6.54 Å². The number of primary amides is 1. The summed E-state index contributed by atoms with van der Waals surface area (Å²) in [6.07, 6.45) is 9.22. The number of nitrogens with zero attached hydrogens (tertiary/aromatic N) is 1. The topological polar surface area (TPSA) is 105 Å². The molecule has 4 amide bonds. The highest BCUT2D eigenvalue weighted by Gasteiger charge is 2.54. The van der Waals surface area contributed by atoms with Gasteiger partial charge in [0.15, 0.2) is 0 Å². The zero-order chi connectivity index (χ0) is 19.0. The van der Waals surface area contributed by atoms with E-state index in [1.165, 1.54) is 19.3 Å². The molecule has 0 aromatic carbocycles. The number of piperidine rings is 1. The summed E-state index contributed by atoms with van der Waals surface area (Å²) in [5.41, 5.74) is 4.93. The van der Waals surface area contributed by atoms with E-state index in [9.17, 15) is 14.4 Å². The zero-order valence-corrected chi connectivity index (χ0v) is 16.0. The van der Waals surface area contributed by atoms with Gasteiger partial charge in [-0.15, -0.1) is 0 Å². The summed E-state index contributed by atoms with van der Waals surface area (Å²) in [7, 11) is 0. The largest absolute Gasteiger partial charge is 0.355 e. The zero-order valence-electron chi connectivity index (χ0n) is 16.0. The quantitative estimate of drug-likeness (QED) is 0.672. The molecule has 0 radical (unpaired) electrons. The van der Waals surface area contributed by atoms with Crippen LogP contribution >= 0.6 is 0 Å². The monoisotopic (exact) mass is 376 g/mol. The lowest BCUT2D eigenvalue weighted by Crippen LogP contribution is -2.54. The number of hydrogen-bond acceptors (Lipinski definition) is 3. The Morgan fingerprint density at radius 3 is 2.22 bits per heavy atom. The maximum Gasteiger partial charge on any atom is 0.312 e. The van der Waals surface area contributed by atoms with Crippen molar-refractivity contribution in [3.05, 3.63) is 0 Å². The predicted molar refractivity (Wildman–Crippen MR) is 101 cm³/mol. The maximum absolute atomic E-state index is 13.1. The minimum absolute atomic E-state index is 0.0539. The van der Waals surface area contributed by atoms with E-state index in [4.69, 9.17) is 5.73 Å². The first kappa shape index (κ1) is 18.6. The molecule has 0 spiro atoms. The molecular weight excluding hydrogens is 344 g/mol. The standard InChI is InChI=1S/C20H32N4O3/c21-19(27)23-11-17(25)24-3-1-2-13(12-24)10-22-18(26)20-7-14-4-15(8-20)6-16(5-14)9-20/h13-16H,1-12H2,(H,22,26)(H3,21,23,27). The molecule has 5 rings (SSSR count). The third kappa shape index (κ3) is 3.92. The second-order valence-corrected chi connectivity index (χ2v) is 9.47. The molecule has 1 heterocycles. The Kier molecular flexibility index (Phi) is 5.03. The number of nitrogens with two attached hydrogens (primary N) is 1. The van der Waals surface area contributed by atoms with E-state index in [0.29, 0.717) is 19.6 Å². The van der Waals surface area contributed by atoms with Gasteiger partial charge in [0.1, 0.15) is 0 Å². The Morgan fingerprint density at radius 2 is 1.63 bits per heavy atom. The SMILES string of the molecule is NC(=O)NCC(=O)N1CCCC(CNC(=O)C23CC4CC(CC(C4)C2)C3)C1. The van der Waals surface area contributed by atoms with Gasteiger partial charge in [-0.1, -0.05) is 0 Å². The minimum Gasteiger partial charge on any atom is -0.355 e. The number of carbonyl (C=O) groups excluding carboxylic acids is 3. The molecular formula is C20H32N4O3. The van der Waals surface area contributed by atoms with Crippen molar-refractivity contribution in [3.63, 3.8) is 0 Å². The fraction of sp³-hybridized carbons (Fsp3) is 0.850. The van der Waals surface area contributed by atoms with Crippen molar-refractivity contribution in [2.45, 2.75) is 51.4 Å². The summed E-state index contributed by atoms with van der Waals surface area (Å²) in [6, 6.07) is -0.681. The number of urea groups is 1. The Balaban J connectivity index is 1.28. The second-order valence-electron chi connectivity index (χ2n) is 9.47. The number of amides is 4. The lowest BCUT2D eigenvalue weighted by molar-refractivity contribution is -0.146. The molecule has 4 bridgehead atoms. The highest BCUT2D eigenvalue weighted by Crippen LogP contribution is 2.60. The van der Waals surface area contributed by atoms with Crippen LogP contribution in [-0.2, 0) is 9.59 Å². The summed E-state index contributed by atoms with van der Waals surface area (Å²) in [4.78, 5) is 37.8. The first-order chi connectivity index (χ1) is 12.9. The molecule has 27 heavy (non-hydrogen) atoms. The fourth-order valence-electron chi connectivity index (χ4n) is 6.55. The van der Waals surface area contributed by atoms with Gasteiger partial charge in [-0.05, 0) is 75.0 Å². The maximum atomic E-state index is 13.1. The van der Waals surface area contributed by atoms with Gasteiger partial charge in [0.25, 0.3) is 0 Å². The van der Waals surface area contributed by atoms with E-state index in [2.05, 4.69) is 10.6 Å². The van der Waals surface area contributed by atoms with E-state index in [1.807, 2.05) is 0 Å². The molecule has 5 fully saturated rings. The van der Waals surface area contributed by atoms with Crippen molar-refractivity contribution < 1.29 is 14.4 Å². The van der Waals surface area contributed by atoms with Crippen molar-refractivity contribution in [1.29, 1.82) is 0 Å². The third-order valence-electron chi connectivity index (χ3n) is 7.36. The number of rotatable bonds is 5. The molecule has 7 heteroatoms. The van der Waals surface area contributed by atoms with Crippen molar-refractivity contribution in [2.24, 2.45) is 34.8 Å². The summed E-state index contributed by atoms with van der Waals surface area (Å²) in [6.45, 7) is 1.94. The van der Waals surface area contributed by atoms with Gasteiger partial charge >= 0.3 is 6.03 Å². The molecule has 1 atom stereocenters. The van der Waals surface area contributed by atoms with Crippen LogP contribution in [0.2, 0.25) is 0 Å². The highest BCUT2D eigenvalue weighted by molar-refractivity contribution is 5.84. The molecule has 5 aliphatic rings. The van der Waals surface area contributed by atoms with E-state index in [0.717, 1.165) is 49.9 Å². The smallest absolute Gasteiger partial charge is 0.312 e. The van der Waals surface area contributed by atoms with Gasteiger partial charge in [0, 0.05) is 25.0 Å². The van der Waals surface area contributed by atoms with Crippen molar-refractivity contribution in [2.75, 3.05) is 26.2 Å². The van der Waals surface area contributed by atoms with Crippen LogP contribution < -0.4 is 16.4 Å². The van der Waals surface area contributed by atoms with Crippen molar-refractivity contribution in [1.82, 2.24) is 15.5 Å². The molecule has 0 aromatic heterocycles. The number of hydrogen-bond donors (Lipinski definition) is 3. The first-order valence-corrected chi connectivity index (χ1v) is 10.5. The molecule has 1 aliphatic heterocycles. The molecule has 1 unspecified atom stereocenters. The van der Waals surface area contributed by atoms with Crippen LogP contribution in [-0.4, -0.2) is 48.9 Å². The van der Waals surface area contributed by atoms with Crippen LogP contribution in [0.5, 0.6) is 0 Å². The van der Waals surface area contributed by atoms with E-state index in [-0.39, 0.29) is 29.7 Å². The number of nitrogens with one attached hydrogen (secondary N) is 2. The predicted octanol–water partition coefficient (Wildman–Crippen LogP) is 1.23. The Hall–Kier alpha value is -1.79. The number of carbonyl (C=O) groups is 3.